The SMILES string of the molecule is COc1cc(NC(=O)CCCCCN2CCN(C3CCCCC3)CC2)c2nccc(C)c2c1. The molecule has 1 saturated carbocycles. The zero-order valence-corrected chi connectivity index (χ0v) is 20.4. The summed E-state index contributed by atoms with van der Waals surface area (Å²) in [5.74, 6) is 0.784. The zero-order valence-electron chi connectivity index (χ0n) is 20.4. The molecule has 1 amide bonds. The van der Waals surface area contributed by atoms with Crippen LogP contribution in [0, 0.1) is 6.92 Å². The predicted molar refractivity (Wildman–Crippen MR) is 135 cm³/mol. The first-order valence-electron chi connectivity index (χ1n) is 12.8. The number of unbranched alkanes of at least 4 members (excludes halogenated alkanes) is 2. The van der Waals surface area contributed by atoms with Crippen LogP contribution in [0.2, 0.25) is 0 Å². The summed E-state index contributed by atoms with van der Waals surface area (Å²) in [6, 6.07) is 6.66. The van der Waals surface area contributed by atoms with Crippen molar-refractivity contribution >= 4 is 22.5 Å². The van der Waals surface area contributed by atoms with E-state index in [-0.39, 0.29) is 5.91 Å². The van der Waals surface area contributed by atoms with E-state index in [4.69, 9.17) is 4.74 Å². The summed E-state index contributed by atoms with van der Waals surface area (Å²) in [6.07, 6.45) is 12.6. The second-order valence-corrected chi connectivity index (χ2v) is 9.73. The molecule has 1 N–H and O–H groups in total. The Morgan fingerprint density at radius 1 is 1.09 bits per heavy atom. The van der Waals surface area contributed by atoms with Gasteiger partial charge in [-0.2, -0.15) is 0 Å². The van der Waals surface area contributed by atoms with Crippen LogP contribution in [0.3, 0.4) is 0 Å². The third-order valence-corrected chi connectivity index (χ3v) is 7.42. The largest absolute Gasteiger partial charge is 0.497 e. The van der Waals surface area contributed by atoms with Crippen molar-refractivity contribution in [3.63, 3.8) is 0 Å². The minimum Gasteiger partial charge on any atom is -0.497 e. The van der Waals surface area contributed by atoms with Crippen molar-refractivity contribution in [2.45, 2.75) is 70.8 Å². The normalized spacial score (nSPS) is 18.5. The van der Waals surface area contributed by atoms with E-state index < -0.39 is 0 Å². The van der Waals surface area contributed by atoms with Gasteiger partial charge in [-0.25, -0.2) is 0 Å². The molecule has 0 atom stereocenters. The lowest BCUT2D eigenvalue weighted by atomic mass is 9.94. The highest BCUT2D eigenvalue weighted by Gasteiger charge is 2.24. The number of ether oxygens (including phenoxy) is 1. The Bertz CT molecular complexity index is 918. The van der Waals surface area contributed by atoms with Crippen LogP contribution in [0.25, 0.3) is 10.9 Å². The molecule has 6 heteroatoms. The highest BCUT2D eigenvalue weighted by atomic mass is 16.5. The summed E-state index contributed by atoms with van der Waals surface area (Å²) >= 11 is 0. The molecule has 0 unspecified atom stereocenters. The molecule has 6 nitrogen and oxygen atoms in total. The maximum absolute atomic E-state index is 12.6. The Kier molecular flexibility index (Phi) is 8.57. The Morgan fingerprint density at radius 2 is 1.88 bits per heavy atom. The molecule has 2 fully saturated rings. The van der Waals surface area contributed by atoms with Crippen molar-refractivity contribution in [1.82, 2.24) is 14.8 Å². The van der Waals surface area contributed by atoms with E-state index in [1.807, 2.05) is 25.1 Å². The van der Waals surface area contributed by atoms with Crippen molar-refractivity contribution in [1.29, 1.82) is 0 Å². The summed E-state index contributed by atoms with van der Waals surface area (Å²) in [5.41, 5.74) is 2.67. The number of nitrogens with one attached hydrogen (secondary N) is 1. The molecular weight excluding hydrogens is 412 g/mol. The predicted octanol–water partition coefficient (Wildman–Crippen LogP) is 5.00. The van der Waals surface area contributed by atoms with Gasteiger partial charge in [-0.3, -0.25) is 14.7 Å². The molecule has 180 valence electrons. The molecule has 0 spiro atoms. The lowest BCUT2D eigenvalue weighted by Crippen LogP contribution is -2.50. The van der Waals surface area contributed by atoms with Crippen LogP contribution >= 0.6 is 0 Å². The van der Waals surface area contributed by atoms with E-state index in [9.17, 15) is 4.79 Å². The maximum atomic E-state index is 12.6. The van der Waals surface area contributed by atoms with Crippen LogP contribution in [0.4, 0.5) is 5.69 Å². The number of hydrogen-bond donors (Lipinski definition) is 1. The number of rotatable bonds is 9. The topological polar surface area (TPSA) is 57.7 Å². The molecule has 1 saturated heterocycles. The van der Waals surface area contributed by atoms with Gasteiger partial charge in [-0.15, -0.1) is 0 Å². The molecule has 4 rings (SSSR count). The van der Waals surface area contributed by atoms with Crippen LogP contribution in [0.5, 0.6) is 5.75 Å². The molecular formula is C27H40N4O2. The van der Waals surface area contributed by atoms with E-state index in [1.54, 1.807) is 13.3 Å². The number of aromatic nitrogens is 1. The number of piperazine rings is 1. The van der Waals surface area contributed by atoms with Crippen molar-refractivity contribution in [3.8, 4) is 5.75 Å². The number of carbonyl (C=O) groups excluding carboxylic acids is 1. The number of amides is 1. The van der Waals surface area contributed by atoms with Crippen LogP contribution in [0.1, 0.15) is 63.4 Å². The van der Waals surface area contributed by atoms with Crippen LogP contribution in [-0.4, -0.2) is 66.6 Å². The standard InChI is InChI=1S/C27H40N4O2/c1-21-12-13-28-27-24(21)19-23(33-2)20-25(27)29-26(32)11-7-4-8-14-30-15-17-31(18-16-30)22-9-5-3-6-10-22/h12-13,19-20,22H,3-11,14-18H2,1-2H3,(H,29,32). The van der Waals surface area contributed by atoms with Crippen LogP contribution < -0.4 is 10.1 Å². The summed E-state index contributed by atoms with van der Waals surface area (Å²) in [5, 5.41) is 4.08. The van der Waals surface area contributed by atoms with Gasteiger partial charge in [0.2, 0.25) is 5.91 Å². The summed E-state index contributed by atoms with van der Waals surface area (Å²) in [6.45, 7) is 8.07. The van der Waals surface area contributed by atoms with Gasteiger partial charge in [0.1, 0.15) is 5.75 Å². The van der Waals surface area contributed by atoms with Gasteiger partial charge in [-0.05, 0) is 56.8 Å². The number of carbonyl (C=O) groups is 1. The maximum Gasteiger partial charge on any atom is 0.224 e. The van der Waals surface area contributed by atoms with Crippen molar-refractivity contribution < 1.29 is 9.53 Å². The van der Waals surface area contributed by atoms with E-state index in [0.29, 0.717) is 6.42 Å². The van der Waals surface area contributed by atoms with Gasteiger partial charge < -0.3 is 15.0 Å². The number of hydrogen-bond acceptors (Lipinski definition) is 5. The molecule has 2 aromatic rings. The minimum atomic E-state index is 0.0500. The number of fused-ring (bicyclic) bond motifs is 1. The number of anilines is 1. The van der Waals surface area contributed by atoms with Crippen molar-refractivity contribution in [2.24, 2.45) is 0 Å². The highest BCUT2D eigenvalue weighted by Crippen LogP contribution is 2.30. The number of benzene rings is 1. The third-order valence-electron chi connectivity index (χ3n) is 7.42. The second-order valence-electron chi connectivity index (χ2n) is 9.73. The summed E-state index contributed by atoms with van der Waals surface area (Å²) in [7, 11) is 1.65. The van der Waals surface area contributed by atoms with Gasteiger partial charge in [0.25, 0.3) is 0 Å². The van der Waals surface area contributed by atoms with E-state index >= 15 is 0 Å². The monoisotopic (exact) mass is 452 g/mol. The zero-order chi connectivity index (χ0) is 23.0. The number of aryl methyl sites for hydroxylation is 1. The van der Waals surface area contributed by atoms with Gasteiger partial charge in [0, 0.05) is 56.3 Å². The number of methoxy groups -OCH3 is 1. The first-order chi connectivity index (χ1) is 16.1. The van der Waals surface area contributed by atoms with Gasteiger partial charge in [0.05, 0.1) is 18.3 Å². The molecule has 1 aliphatic carbocycles. The van der Waals surface area contributed by atoms with Gasteiger partial charge >= 0.3 is 0 Å². The van der Waals surface area contributed by atoms with Crippen LogP contribution in [-0.2, 0) is 4.79 Å². The number of pyridine rings is 1. The fourth-order valence-electron chi connectivity index (χ4n) is 5.38. The second kappa shape index (κ2) is 11.8. The highest BCUT2D eigenvalue weighted by molar-refractivity contribution is 6.01. The smallest absolute Gasteiger partial charge is 0.224 e. The first kappa shape index (κ1) is 24.0. The quantitative estimate of drug-likeness (QED) is 0.543. The molecule has 0 radical (unpaired) electrons. The first-order valence-corrected chi connectivity index (χ1v) is 12.8. The summed E-state index contributed by atoms with van der Waals surface area (Å²) < 4.78 is 5.42. The van der Waals surface area contributed by atoms with Crippen LogP contribution in [0.15, 0.2) is 24.4 Å². The fourth-order valence-corrected chi connectivity index (χ4v) is 5.38. The molecule has 1 aliphatic heterocycles. The van der Waals surface area contributed by atoms with E-state index in [2.05, 4.69) is 20.1 Å². The van der Waals surface area contributed by atoms with Gasteiger partial charge in [-0.1, -0.05) is 25.7 Å². The lowest BCUT2D eigenvalue weighted by molar-refractivity contribution is -0.116. The van der Waals surface area contributed by atoms with Crippen molar-refractivity contribution in [3.05, 3.63) is 30.0 Å². The molecule has 2 aliphatic rings. The van der Waals surface area contributed by atoms with Gasteiger partial charge in [0.15, 0.2) is 0 Å². The Labute approximate surface area is 198 Å². The third kappa shape index (κ3) is 6.45. The average molecular weight is 453 g/mol. The molecule has 0 bridgehead atoms. The molecule has 33 heavy (non-hydrogen) atoms. The lowest BCUT2D eigenvalue weighted by Gasteiger charge is -2.40. The Hall–Kier alpha value is -2.18. The minimum absolute atomic E-state index is 0.0500. The van der Waals surface area contributed by atoms with E-state index in [0.717, 1.165) is 53.3 Å². The molecule has 2 heterocycles. The van der Waals surface area contributed by atoms with E-state index in [1.165, 1.54) is 64.7 Å². The molecule has 1 aromatic heterocycles. The fraction of sp³-hybridized carbons (Fsp3) is 0.630. The summed E-state index contributed by atoms with van der Waals surface area (Å²) in [4.78, 5) is 22.4. The van der Waals surface area contributed by atoms with Crippen molar-refractivity contribution in [2.75, 3.05) is 45.2 Å². The average Bonchev–Trinajstić information content (AvgIpc) is 2.85. The number of nitrogens with zero attached hydrogens (tertiary/aromatic N) is 3. The molecule has 1 aromatic carbocycles. The Morgan fingerprint density at radius 3 is 2.64 bits per heavy atom. The Balaban J connectivity index is 1.16.